The zero-order chi connectivity index (χ0) is 25.3. The van der Waals surface area contributed by atoms with Gasteiger partial charge < -0.3 is 15.4 Å². The van der Waals surface area contributed by atoms with E-state index in [1.165, 1.54) is 23.7 Å². The van der Waals surface area contributed by atoms with Crippen molar-refractivity contribution in [1.29, 1.82) is 0 Å². The summed E-state index contributed by atoms with van der Waals surface area (Å²) in [4.78, 5) is 33.2. The number of nitrogens with zero attached hydrogens (tertiary/aromatic N) is 5. The number of ether oxygens (including phenoxy) is 1. The molecule has 3 aromatic rings. The van der Waals surface area contributed by atoms with Gasteiger partial charge in [-0.15, -0.1) is 19.1 Å². The lowest BCUT2D eigenvalue weighted by Gasteiger charge is -2.31. The van der Waals surface area contributed by atoms with Gasteiger partial charge in [-0.05, 0) is 37.5 Å². The molecule has 0 saturated carbocycles. The molecule has 1 atom stereocenters. The predicted octanol–water partition coefficient (Wildman–Crippen LogP) is 1.79. The van der Waals surface area contributed by atoms with Gasteiger partial charge in [-0.3, -0.25) is 18.5 Å². The average Bonchev–Trinajstić information content (AvgIpc) is 3.18. The molecule has 9 nitrogen and oxygen atoms in total. The fourth-order valence-electron chi connectivity index (χ4n) is 4.26. The molecule has 1 fully saturated rings. The molecule has 12 heteroatoms. The summed E-state index contributed by atoms with van der Waals surface area (Å²) < 4.78 is 45.7. The van der Waals surface area contributed by atoms with Crippen LogP contribution in [0.2, 0.25) is 0 Å². The minimum absolute atomic E-state index is 0.0408. The highest BCUT2D eigenvalue weighted by Crippen LogP contribution is 2.25. The summed E-state index contributed by atoms with van der Waals surface area (Å²) in [5.41, 5.74) is 5.58. The smallest absolute Gasteiger partial charge is 0.406 e. The Hall–Kier alpha value is -3.72. The van der Waals surface area contributed by atoms with E-state index in [2.05, 4.69) is 21.6 Å². The largest absolute Gasteiger partial charge is 0.573 e. The molecule has 2 aromatic heterocycles. The normalized spacial score (nSPS) is 16.3. The van der Waals surface area contributed by atoms with E-state index in [1.807, 2.05) is 4.90 Å². The van der Waals surface area contributed by atoms with Crippen molar-refractivity contribution in [3.63, 3.8) is 0 Å². The van der Waals surface area contributed by atoms with Crippen molar-refractivity contribution >= 4 is 17.1 Å². The number of nitrogens with two attached hydrogens (primary N) is 1. The van der Waals surface area contributed by atoms with E-state index in [0.29, 0.717) is 24.6 Å². The number of rotatable bonds is 5. The maximum atomic E-state index is 13.6. The first kappa shape index (κ1) is 24.4. The number of benzene rings is 1. The van der Waals surface area contributed by atoms with Crippen LogP contribution in [0.3, 0.4) is 0 Å². The Morgan fingerprint density at radius 1 is 1.26 bits per heavy atom. The second-order valence-corrected chi connectivity index (χ2v) is 8.37. The van der Waals surface area contributed by atoms with E-state index in [9.17, 15) is 22.8 Å². The van der Waals surface area contributed by atoms with Crippen molar-refractivity contribution in [2.75, 3.05) is 18.0 Å². The molecule has 0 amide bonds. The standard InChI is InChI=1S/C23H25F3N6O3/c1-3-4-11-31-18-19(28-21(31)30-10-6-8-16(27)14-30)29(2)22(34)32(20(18)33)13-15-7-5-9-17(12-15)35-23(24,25)26/h5,7,9,12,16H,6,8,10-11,13-14,27H2,1-2H3/t16-/m1/s1. The highest BCUT2D eigenvalue weighted by atomic mass is 19.4. The van der Waals surface area contributed by atoms with Crippen LogP contribution in [0.1, 0.15) is 25.3 Å². The lowest BCUT2D eigenvalue weighted by atomic mass is 10.1. The van der Waals surface area contributed by atoms with Gasteiger partial charge in [0.25, 0.3) is 5.56 Å². The van der Waals surface area contributed by atoms with Crippen LogP contribution in [0, 0.1) is 11.8 Å². The molecular weight excluding hydrogens is 465 g/mol. The summed E-state index contributed by atoms with van der Waals surface area (Å²) in [5.74, 6) is 5.82. The maximum absolute atomic E-state index is 13.6. The number of halogens is 3. The molecule has 3 heterocycles. The second kappa shape index (κ2) is 9.50. The third kappa shape index (κ3) is 5.05. The minimum atomic E-state index is -4.86. The lowest BCUT2D eigenvalue weighted by molar-refractivity contribution is -0.274. The fourth-order valence-corrected chi connectivity index (χ4v) is 4.26. The van der Waals surface area contributed by atoms with Crippen molar-refractivity contribution in [3.05, 3.63) is 50.7 Å². The van der Waals surface area contributed by atoms with E-state index >= 15 is 0 Å². The first-order valence-electron chi connectivity index (χ1n) is 11.0. The summed E-state index contributed by atoms with van der Waals surface area (Å²) in [6.07, 6.45) is -3.11. The minimum Gasteiger partial charge on any atom is -0.406 e. The molecule has 2 N–H and O–H groups in total. The molecular formula is C23H25F3N6O3. The van der Waals surface area contributed by atoms with E-state index in [0.717, 1.165) is 29.5 Å². The SMILES string of the molecule is CC#CCn1c(N2CCC[C@@H](N)C2)nc2c1c(=O)n(Cc1cccc(OC(F)(F)F)c1)c(=O)n2C. The molecule has 4 rings (SSSR count). The Kier molecular flexibility index (Phi) is 6.62. The zero-order valence-corrected chi connectivity index (χ0v) is 19.3. The second-order valence-electron chi connectivity index (χ2n) is 8.37. The summed E-state index contributed by atoms with van der Waals surface area (Å²) in [6.45, 7) is 2.86. The molecule has 0 bridgehead atoms. The highest BCUT2D eigenvalue weighted by molar-refractivity contribution is 5.75. The number of hydrogen-bond donors (Lipinski definition) is 1. The molecule has 1 aromatic carbocycles. The highest BCUT2D eigenvalue weighted by Gasteiger charge is 2.31. The Bertz CT molecular complexity index is 1430. The predicted molar refractivity (Wildman–Crippen MR) is 124 cm³/mol. The van der Waals surface area contributed by atoms with Crippen LogP contribution >= 0.6 is 0 Å². The van der Waals surface area contributed by atoms with Crippen LogP contribution in [-0.4, -0.2) is 44.2 Å². The fraction of sp³-hybridized carbons (Fsp3) is 0.435. The number of anilines is 1. The molecule has 0 aliphatic carbocycles. The molecule has 0 unspecified atom stereocenters. The number of hydrogen-bond acceptors (Lipinski definition) is 6. The van der Waals surface area contributed by atoms with Crippen LogP contribution in [-0.2, 0) is 20.1 Å². The van der Waals surface area contributed by atoms with E-state index in [4.69, 9.17) is 5.73 Å². The zero-order valence-electron chi connectivity index (χ0n) is 19.3. The average molecular weight is 490 g/mol. The Morgan fingerprint density at radius 2 is 2.03 bits per heavy atom. The molecule has 1 aliphatic rings. The van der Waals surface area contributed by atoms with Crippen LogP contribution < -0.4 is 26.6 Å². The number of aryl methyl sites for hydroxylation is 1. The van der Waals surface area contributed by atoms with Gasteiger partial charge in [0, 0.05) is 26.2 Å². The summed E-state index contributed by atoms with van der Waals surface area (Å²) >= 11 is 0. The monoisotopic (exact) mass is 490 g/mol. The van der Waals surface area contributed by atoms with Crippen molar-refractivity contribution < 1.29 is 17.9 Å². The van der Waals surface area contributed by atoms with Crippen molar-refractivity contribution in [2.24, 2.45) is 12.8 Å². The van der Waals surface area contributed by atoms with Gasteiger partial charge in [0.2, 0.25) is 5.95 Å². The van der Waals surface area contributed by atoms with Gasteiger partial charge in [0.1, 0.15) is 5.75 Å². The third-order valence-electron chi connectivity index (χ3n) is 5.84. The van der Waals surface area contributed by atoms with Crippen LogP contribution in [0.25, 0.3) is 11.2 Å². The summed E-state index contributed by atoms with van der Waals surface area (Å²) in [7, 11) is 1.50. The first-order chi connectivity index (χ1) is 16.6. The lowest BCUT2D eigenvalue weighted by Crippen LogP contribution is -2.44. The van der Waals surface area contributed by atoms with Crippen molar-refractivity contribution in [2.45, 2.75) is 45.3 Å². The number of fused-ring (bicyclic) bond motifs is 1. The number of piperidine rings is 1. The number of aromatic nitrogens is 4. The Balaban J connectivity index is 1.84. The summed E-state index contributed by atoms with van der Waals surface area (Å²) in [6, 6.07) is 5.13. The van der Waals surface area contributed by atoms with Crippen LogP contribution in [0.4, 0.5) is 19.1 Å². The van der Waals surface area contributed by atoms with E-state index in [-0.39, 0.29) is 30.3 Å². The van der Waals surface area contributed by atoms with Gasteiger partial charge >= 0.3 is 12.1 Å². The first-order valence-corrected chi connectivity index (χ1v) is 11.0. The topological polar surface area (TPSA) is 100 Å². The van der Waals surface area contributed by atoms with Crippen LogP contribution in [0.5, 0.6) is 5.75 Å². The quantitative estimate of drug-likeness (QED) is 0.548. The Labute approximate surface area is 198 Å². The number of alkyl halides is 3. The van der Waals surface area contributed by atoms with Crippen molar-refractivity contribution in [1.82, 2.24) is 18.7 Å². The molecule has 0 spiro atoms. The van der Waals surface area contributed by atoms with Gasteiger partial charge in [-0.25, -0.2) is 4.79 Å². The van der Waals surface area contributed by atoms with E-state index in [1.54, 1.807) is 11.5 Å². The molecule has 1 aliphatic heterocycles. The third-order valence-corrected chi connectivity index (χ3v) is 5.84. The van der Waals surface area contributed by atoms with E-state index < -0.39 is 23.4 Å². The van der Waals surface area contributed by atoms with Gasteiger partial charge in [-0.1, -0.05) is 18.1 Å². The van der Waals surface area contributed by atoms with Gasteiger partial charge in [-0.2, -0.15) is 4.98 Å². The summed E-state index contributed by atoms with van der Waals surface area (Å²) in [5, 5.41) is 0. The molecule has 186 valence electrons. The molecule has 1 saturated heterocycles. The van der Waals surface area contributed by atoms with Gasteiger partial charge in [0.15, 0.2) is 11.2 Å². The van der Waals surface area contributed by atoms with Crippen LogP contribution in [0.15, 0.2) is 33.9 Å². The van der Waals surface area contributed by atoms with Crippen molar-refractivity contribution in [3.8, 4) is 17.6 Å². The molecule has 0 radical (unpaired) electrons. The maximum Gasteiger partial charge on any atom is 0.573 e. The Morgan fingerprint density at radius 3 is 2.71 bits per heavy atom. The number of imidazole rings is 1. The molecule has 35 heavy (non-hydrogen) atoms. The van der Waals surface area contributed by atoms with Gasteiger partial charge in [0.05, 0.1) is 13.1 Å².